The van der Waals surface area contributed by atoms with Crippen molar-refractivity contribution in [1.82, 2.24) is 9.80 Å². The zero-order valence-electron chi connectivity index (χ0n) is 14.8. The maximum atomic E-state index is 13.7. The zero-order valence-corrected chi connectivity index (χ0v) is 14.8. The number of nitrogens with two attached hydrogens (primary N) is 1. The van der Waals surface area contributed by atoms with Crippen molar-refractivity contribution in [3.05, 3.63) is 71.5 Å². The van der Waals surface area contributed by atoms with Crippen LogP contribution in [-0.4, -0.2) is 48.6 Å². The predicted octanol–water partition coefficient (Wildman–Crippen LogP) is 2.90. The monoisotopic (exact) mass is 341 g/mol. The molecule has 1 atom stereocenters. The van der Waals surface area contributed by atoms with Crippen LogP contribution >= 0.6 is 0 Å². The molecule has 1 saturated heterocycles. The lowest BCUT2D eigenvalue weighted by atomic mass is 10.0. The minimum Gasteiger partial charge on any atom is -0.327 e. The third-order valence-corrected chi connectivity index (χ3v) is 4.97. The molecule has 3 rings (SSSR count). The third-order valence-electron chi connectivity index (χ3n) is 4.97. The van der Waals surface area contributed by atoms with Gasteiger partial charge >= 0.3 is 0 Å². The fourth-order valence-corrected chi connectivity index (χ4v) is 3.41. The number of rotatable bonds is 7. The van der Waals surface area contributed by atoms with Crippen LogP contribution in [0, 0.1) is 5.82 Å². The minimum absolute atomic E-state index is 0.0132. The van der Waals surface area contributed by atoms with Crippen LogP contribution < -0.4 is 5.73 Å². The van der Waals surface area contributed by atoms with E-state index in [0.29, 0.717) is 6.42 Å². The van der Waals surface area contributed by atoms with Crippen LogP contribution in [0.15, 0.2) is 54.6 Å². The molecule has 2 aromatic rings. The first-order valence-corrected chi connectivity index (χ1v) is 9.18. The highest BCUT2D eigenvalue weighted by atomic mass is 19.1. The van der Waals surface area contributed by atoms with E-state index in [9.17, 15) is 4.39 Å². The third kappa shape index (κ3) is 5.63. The van der Waals surface area contributed by atoms with Gasteiger partial charge in [0.1, 0.15) is 5.82 Å². The summed E-state index contributed by atoms with van der Waals surface area (Å²) >= 11 is 0. The molecule has 134 valence electrons. The maximum absolute atomic E-state index is 13.7. The summed E-state index contributed by atoms with van der Waals surface area (Å²) in [5, 5.41) is 0. The average Bonchev–Trinajstić information content (AvgIpc) is 2.64. The number of piperazine rings is 1. The number of halogens is 1. The summed E-state index contributed by atoms with van der Waals surface area (Å²) in [6.45, 7) is 6.38. The predicted molar refractivity (Wildman–Crippen MR) is 101 cm³/mol. The molecule has 2 N–H and O–H groups in total. The molecule has 0 aliphatic carbocycles. The van der Waals surface area contributed by atoms with Crippen molar-refractivity contribution in [3.63, 3.8) is 0 Å². The Morgan fingerprint density at radius 3 is 2.24 bits per heavy atom. The van der Waals surface area contributed by atoms with Gasteiger partial charge in [0.15, 0.2) is 0 Å². The summed E-state index contributed by atoms with van der Waals surface area (Å²) in [7, 11) is 0. The normalized spacial score (nSPS) is 17.5. The minimum atomic E-state index is -0.146. The number of hydrogen-bond acceptors (Lipinski definition) is 3. The smallest absolute Gasteiger partial charge is 0.126 e. The summed E-state index contributed by atoms with van der Waals surface area (Å²) in [6.07, 6.45) is 1.52. The maximum Gasteiger partial charge on any atom is 0.126 e. The van der Waals surface area contributed by atoms with Crippen molar-refractivity contribution >= 4 is 0 Å². The Morgan fingerprint density at radius 1 is 0.880 bits per heavy atom. The molecule has 1 heterocycles. The van der Waals surface area contributed by atoms with E-state index in [4.69, 9.17) is 5.73 Å². The van der Waals surface area contributed by atoms with Crippen LogP contribution in [0.5, 0.6) is 0 Å². The second-order valence-electron chi connectivity index (χ2n) is 6.95. The fraction of sp³-hybridized carbons (Fsp3) is 0.429. The van der Waals surface area contributed by atoms with Crippen LogP contribution in [0.25, 0.3) is 0 Å². The van der Waals surface area contributed by atoms with E-state index in [2.05, 4.69) is 40.1 Å². The van der Waals surface area contributed by atoms with E-state index >= 15 is 0 Å². The van der Waals surface area contributed by atoms with Gasteiger partial charge in [-0.1, -0.05) is 48.5 Å². The number of benzene rings is 2. The summed E-state index contributed by atoms with van der Waals surface area (Å²) in [5.41, 5.74) is 8.32. The highest BCUT2D eigenvalue weighted by Crippen LogP contribution is 2.12. The van der Waals surface area contributed by atoms with Crippen molar-refractivity contribution in [3.8, 4) is 0 Å². The Bertz CT molecular complexity index is 639. The Labute approximate surface area is 150 Å². The van der Waals surface area contributed by atoms with Crippen LogP contribution in [0.4, 0.5) is 4.39 Å². The highest BCUT2D eigenvalue weighted by Gasteiger charge is 2.17. The van der Waals surface area contributed by atoms with Crippen molar-refractivity contribution in [2.75, 3.05) is 32.7 Å². The summed E-state index contributed by atoms with van der Waals surface area (Å²) in [4.78, 5) is 4.98. The molecule has 0 saturated carbocycles. The molecule has 3 nitrogen and oxygen atoms in total. The molecule has 0 radical (unpaired) electrons. The molecule has 25 heavy (non-hydrogen) atoms. The average molecular weight is 341 g/mol. The van der Waals surface area contributed by atoms with Gasteiger partial charge in [0.2, 0.25) is 0 Å². The molecule has 0 aromatic heterocycles. The van der Waals surface area contributed by atoms with Crippen LogP contribution in [0.3, 0.4) is 0 Å². The van der Waals surface area contributed by atoms with E-state index in [-0.39, 0.29) is 11.9 Å². The quantitative estimate of drug-likeness (QED) is 0.840. The highest BCUT2D eigenvalue weighted by molar-refractivity contribution is 5.18. The van der Waals surface area contributed by atoms with Gasteiger partial charge in [0, 0.05) is 38.8 Å². The van der Waals surface area contributed by atoms with Crippen molar-refractivity contribution < 1.29 is 4.39 Å². The Balaban J connectivity index is 1.37. The Hall–Kier alpha value is -1.75. The second kappa shape index (κ2) is 9.09. The molecule has 0 unspecified atom stereocenters. The lowest BCUT2D eigenvalue weighted by molar-refractivity contribution is 0.124. The van der Waals surface area contributed by atoms with E-state index < -0.39 is 0 Å². The van der Waals surface area contributed by atoms with Gasteiger partial charge < -0.3 is 10.6 Å². The van der Waals surface area contributed by atoms with Gasteiger partial charge in [0.25, 0.3) is 0 Å². The molecular formula is C21H28FN3. The largest absolute Gasteiger partial charge is 0.327 e. The molecule has 2 aromatic carbocycles. The topological polar surface area (TPSA) is 32.5 Å². The summed E-state index contributed by atoms with van der Waals surface area (Å²) in [6, 6.07) is 17.6. The zero-order chi connectivity index (χ0) is 17.5. The molecule has 1 aliphatic heterocycles. The van der Waals surface area contributed by atoms with Crippen molar-refractivity contribution in [2.24, 2.45) is 5.73 Å². The van der Waals surface area contributed by atoms with Crippen LogP contribution in [-0.2, 0) is 13.0 Å². The molecular weight excluding hydrogens is 313 g/mol. The first-order valence-electron chi connectivity index (χ1n) is 9.18. The SMILES string of the molecule is N[C@@H](CCN1CCN(Cc2ccccc2)CC1)Cc1ccccc1F. The first-order chi connectivity index (χ1) is 12.2. The Kier molecular flexibility index (Phi) is 6.56. The molecule has 0 spiro atoms. The van der Waals surface area contributed by atoms with E-state index in [0.717, 1.165) is 51.3 Å². The molecule has 1 fully saturated rings. The first kappa shape index (κ1) is 18.1. The number of hydrogen-bond donors (Lipinski definition) is 1. The van der Waals surface area contributed by atoms with Crippen molar-refractivity contribution in [2.45, 2.75) is 25.4 Å². The second-order valence-corrected chi connectivity index (χ2v) is 6.95. The summed E-state index contributed by atoms with van der Waals surface area (Å²) < 4.78 is 13.7. The van der Waals surface area contributed by atoms with Gasteiger partial charge in [-0.15, -0.1) is 0 Å². The fourth-order valence-electron chi connectivity index (χ4n) is 3.41. The molecule has 0 amide bonds. The van der Waals surface area contributed by atoms with E-state index in [1.165, 1.54) is 11.6 Å². The molecule has 1 aliphatic rings. The molecule has 4 heteroatoms. The lowest BCUT2D eigenvalue weighted by Gasteiger charge is -2.35. The van der Waals surface area contributed by atoms with Gasteiger partial charge in [-0.2, -0.15) is 0 Å². The van der Waals surface area contributed by atoms with Crippen LogP contribution in [0.1, 0.15) is 17.5 Å². The van der Waals surface area contributed by atoms with Gasteiger partial charge in [0.05, 0.1) is 0 Å². The Morgan fingerprint density at radius 2 is 1.52 bits per heavy atom. The van der Waals surface area contributed by atoms with Gasteiger partial charge in [-0.25, -0.2) is 4.39 Å². The van der Waals surface area contributed by atoms with E-state index in [1.54, 1.807) is 6.07 Å². The van der Waals surface area contributed by atoms with Gasteiger partial charge in [-0.3, -0.25) is 4.90 Å². The molecule has 0 bridgehead atoms. The number of nitrogens with zero attached hydrogens (tertiary/aromatic N) is 2. The lowest BCUT2D eigenvalue weighted by Crippen LogP contribution is -2.47. The van der Waals surface area contributed by atoms with Gasteiger partial charge in [-0.05, 0) is 36.6 Å². The standard InChI is InChI=1S/C21H28FN3/c22-21-9-5-4-8-19(21)16-20(23)10-11-24-12-14-25(15-13-24)17-18-6-2-1-3-7-18/h1-9,20H,10-17,23H2/t20-/m0/s1. The van der Waals surface area contributed by atoms with E-state index in [1.807, 2.05) is 12.1 Å². The summed E-state index contributed by atoms with van der Waals surface area (Å²) in [5.74, 6) is -0.146. The van der Waals surface area contributed by atoms with Crippen LogP contribution in [0.2, 0.25) is 0 Å². The van der Waals surface area contributed by atoms with Crippen molar-refractivity contribution in [1.29, 1.82) is 0 Å².